The van der Waals surface area contributed by atoms with E-state index in [1.807, 2.05) is 26.8 Å². The Morgan fingerprint density at radius 3 is 1.45 bits per heavy atom. The molecule has 0 amide bonds. The Kier molecular flexibility index (Phi) is 8.20. The highest BCUT2D eigenvalue weighted by Crippen LogP contribution is 2.36. The van der Waals surface area contributed by atoms with E-state index in [2.05, 4.69) is 121 Å². The Hall–Kier alpha value is -4.75. The molecule has 0 atom stereocenters. The molecule has 47 heavy (non-hydrogen) atoms. The standard InChI is InChI=1S/C46H45N/c1-46(2,3)31-39-30-44-41-17-11-10-16-40(41)43-29-35(24-25-42(43)45(44)47-32-39)20-23-38-27-36(21-18-33-12-6-4-7-13-33)26-37(28-38)22-19-34-14-8-5-9-15-34/h4-17,24-30,32H,18-23,31H2,1-3H3/i31D2. The maximum Gasteiger partial charge on any atom is 0.0786 e. The third-order valence-corrected chi connectivity index (χ3v) is 9.16. The van der Waals surface area contributed by atoms with Crippen LogP contribution in [-0.2, 0) is 44.9 Å². The topological polar surface area (TPSA) is 12.9 Å². The van der Waals surface area contributed by atoms with Crippen LogP contribution in [0.25, 0.3) is 32.4 Å². The molecule has 0 spiro atoms. The molecule has 0 N–H and O–H groups in total. The maximum atomic E-state index is 8.89. The molecule has 0 bridgehead atoms. The van der Waals surface area contributed by atoms with Crippen molar-refractivity contribution in [2.45, 2.75) is 65.7 Å². The fourth-order valence-corrected chi connectivity index (χ4v) is 6.94. The van der Waals surface area contributed by atoms with Crippen LogP contribution < -0.4 is 0 Å². The first kappa shape index (κ1) is 28.5. The first-order valence-electron chi connectivity index (χ1n) is 18.1. The van der Waals surface area contributed by atoms with Gasteiger partial charge in [-0.1, -0.05) is 142 Å². The minimum atomic E-state index is -1.51. The number of hydrogen-bond donors (Lipinski definition) is 0. The van der Waals surface area contributed by atoms with E-state index >= 15 is 0 Å². The third kappa shape index (κ3) is 7.47. The van der Waals surface area contributed by atoms with Crippen molar-refractivity contribution < 1.29 is 2.74 Å². The Morgan fingerprint density at radius 1 is 0.426 bits per heavy atom. The summed E-state index contributed by atoms with van der Waals surface area (Å²) in [4.78, 5) is 4.92. The zero-order valence-corrected chi connectivity index (χ0v) is 27.9. The van der Waals surface area contributed by atoms with E-state index in [9.17, 15) is 0 Å². The summed E-state index contributed by atoms with van der Waals surface area (Å²) < 4.78 is 17.8. The minimum Gasteiger partial charge on any atom is -0.255 e. The van der Waals surface area contributed by atoms with E-state index in [1.54, 1.807) is 6.20 Å². The first-order chi connectivity index (χ1) is 23.7. The van der Waals surface area contributed by atoms with Crippen LogP contribution in [0.3, 0.4) is 0 Å². The molecule has 0 saturated heterocycles. The van der Waals surface area contributed by atoms with Crippen LogP contribution in [0.15, 0.2) is 134 Å². The zero-order valence-electron chi connectivity index (χ0n) is 29.9. The average Bonchev–Trinajstić information content (AvgIpc) is 3.12. The second kappa shape index (κ2) is 13.5. The quantitative estimate of drug-likeness (QED) is 0.140. The van der Waals surface area contributed by atoms with Gasteiger partial charge in [0.2, 0.25) is 0 Å². The molecule has 7 aromatic rings. The monoisotopic (exact) mass is 613 g/mol. The number of aromatic nitrogens is 1. The smallest absolute Gasteiger partial charge is 0.0786 e. The second-order valence-electron chi connectivity index (χ2n) is 14.0. The molecular weight excluding hydrogens is 567 g/mol. The largest absolute Gasteiger partial charge is 0.255 e. The first-order valence-corrected chi connectivity index (χ1v) is 17.1. The van der Waals surface area contributed by atoms with Crippen molar-refractivity contribution in [2.24, 2.45) is 5.41 Å². The lowest BCUT2D eigenvalue weighted by Crippen LogP contribution is -2.09. The summed E-state index contributed by atoms with van der Waals surface area (Å²) >= 11 is 0. The molecular formula is C46H45N. The highest BCUT2D eigenvalue weighted by molar-refractivity contribution is 6.24. The van der Waals surface area contributed by atoms with E-state index in [-0.39, 0.29) is 0 Å². The summed E-state index contributed by atoms with van der Waals surface area (Å²) in [6.07, 6.45) is 6.35. The van der Waals surface area contributed by atoms with Crippen molar-refractivity contribution in [3.8, 4) is 0 Å². The molecule has 1 aromatic heterocycles. The zero-order chi connectivity index (χ0) is 34.0. The number of nitrogens with zero attached hydrogens (tertiary/aromatic N) is 1. The number of rotatable bonds is 10. The van der Waals surface area contributed by atoms with Gasteiger partial charge in [0.05, 0.1) is 5.52 Å². The number of fused-ring (bicyclic) bond motifs is 6. The molecule has 0 unspecified atom stereocenters. The van der Waals surface area contributed by atoms with Crippen LogP contribution in [0.5, 0.6) is 0 Å². The van der Waals surface area contributed by atoms with Crippen molar-refractivity contribution in [3.63, 3.8) is 0 Å². The number of aryl methyl sites for hydroxylation is 6. The number of pyridine rings is 1. The molecule has 0 saturated carbocycles. The van der Waals surface area contributed by atoms with Gasteiger partial charge in [-0.15, -0.1) is 0 Å². The predicted octanol–water partition coefficient (Wildman–Crippen LogP) is 11.5. The van der Waals surface area contributed by atoms with Crippen LogP contribution in [-0.4, -0.2) is 4.98 Å². The average molecular weight is 614 g/mol. The molecule has 0 aliphatic heterocycles. The van der Waals surface area contributed by atoms with E-state index in [1.165, 1.54) is 44.2 Å². The predicted molar refractivity (Wildman–Crippen MR) is 201 cm³/mol. The van der Waals surface area contributed by atoms with E-state index in [4.69, 9.17) is 7.73 Å². The molecule has 1 heterocycles. The van der Waals surface area contributed by atoms with Crippen molar-refractivity contribution >= 4 is 32.4 Å². The minimum absolute atomic E-state index is 0.548. The molecule has 1 heteroatoms. The maximum absolute atomic E-state index is 8.89. The van der Waals surface area contributed by atoms with Crippen LogP contribution in [0.2, 0.25) is 0 Å². The summed E-state index contributed by atoms with van der Waals surface area (Å²) in [5.41, 5.74) is 9.33. The lowest BCUT2D eigenvalue weighted by Gasteiger charge is -2.19. The summed E-state index contributed by atoms with van der Waals surface area (Å²) in [7, 11) is 0. The summed E-state index contributed by atoms with van der Waals surface area (Å²) in [6.45, 7) is 5.84. The van der Waals surface area contributed by atoms with Crippen LogP contribution in [0.4, 0.5) is 0 Å². The second-order valence-corrected chi connectivity index (χ2v) is 14.0. The van der Waals surface area contributed by atoms with E-state index in [0.29, 0.717) is 5.56 Å². The summed E-state index contributed by atoms with van der Waals surface area (Å²) in [5.74, 6) is 0. The van der Waals surface area contributed by atoms with Gasteiger partial charge in [0.15, 0.2) is 0 Å². The van der Waals surface area contributed by atoms with E-state index < -0.39 is 11.8 Å². The van der Waals surface area contributed by atoms with Gasteiger partial charge in [0.1, 0.15) is 0 Å². The van der Waals surface area contributed by atoms with Gasteiger partial charge in [0, 0.05) is 19.7 Å². The van der Waals surface area contributed by atoms with Crippen molar-refractivity contribution in [1.82, 2.24) is 4.98 Å². The fraction of sp³-hybridized carbons (Fsp3) is 0.239. The fourth-order valence-electron chi connectivity index (χ4n) is 6.94. The van der Waals surface area contributed by atoms with Crippen LogP contribution >= 0.6 is 0 Å². The third-order valence-electron chi connectivity index (χ3n) is 9.16. The molecule has 234 valence electrons. The molecule has 0 fully saturated rings. The molecule has 0 aliphatic carbocycles. The van der Waals surface area contributed by atoms with Gasteiger partial charge in [0.25, 0.3) is 0 Å². The highest BCUT2D eigenvalue weighted by Gasteiger charge is 2.15. The van der Waals surface area contributed by atoms with E-state index in [0.717, 1.165) is 60.2 Å². The van der Waals surface area contributed by atoms with Crippen molar-refractivity contribution in [2.75, 3.05) is 0 Å². The molecule has 6 aromatic carbocycles. The van der Waals surface area contributed by atoms with Gasteiger partial charge < -0.3 is 0 Å². The lowest BCUT2D eigenvalue weighted by molar-refractivity contribution is 0.411. The molecule has 0 aliphatic rings. The van der Waals surface area contributed by atoms with Gasteiger partial charge in [-0.3, -0.25) is 4.98 Å². The van der Waals surface area contributed by atoms with Crippen LogP contribution in [0, 0.1) is 5.41 Å². The van der Waals surface area contributed by atoms with Gasteiger partial charge >= 0.3 is 0 Å². The number of benzene rings is 6. The lowest BCUT2D eigenvalue weighted by atomic mass is 9.87. The normalized spacial score (nSPS) is 12.8. The van der Waals surface area contributed by atoms with Gasteiger partial charge in [-0.25, -0.2) is 0 Å². The van der Waals surface area contributed by atoms with Crippen molar-refractivity contribution in [3.05, 3.63) is 173 Å². The Bertz CT molecular complexity index is 2150. The Labute approximate surface area is 283 Å². The Balaban J connectivity index is 1.19. The van der Waals surface area contributed by atoms with Crippen LogP contribution in [0.1, 0.15) is 62.5 Å². The molecule has 1 nitrogen and oxygen atoms in total. The van der Waals surface area contributed by atoms with Gasteiger partial charge in [-0.2, -0.15) is 0 Å². The SMILES string of the molecule is [2H]C([2H])(c1cnc2c3ccc(CCc4cc(CCc5ccccc5)cc(CCc5ccccc5)c4)cc3c3ccccc3c2c1)C(C)(C)C. The molecule has 0 radical (unpaired) electrons. The Morgan fingerprint density at radius 2 is 0.894 bits per heavy atom. The summed E-state index contributed by atoms with van der Waals surface area (Å²) in [5, 5.41) is 5.65. The van der Waals surface area contributed by atoms with Crippen molar-refractivity contribution in [1.29, 1.82) is 0 Å². The summed E-state index contributed by atoms with van der Waals surface area (Å²) in [6, 6.07) is 46.3. The molecule has 7 rings (SSSR count). The van der Waals surface area contributed by atoms with Gasteiger partial charge in [-0.05, 0) is 111 Å². The highest BCUT2D eigenvalue weighted by atomic mass is 14.7. The number of hydrogen-bond acceptors (Lipinski definition) is 1.